The second-order valence-electron chi connectivity index (χ2n) is 8.19. The van der Waals surface area contributed by atoms with Crippen molar-refractivity contribution >= 4 is 29.2 Å². The number of benzene rings is 1. The SMILES string of the molecule is CCCCCN(CCCC)c1ccc(C)cc1.CCCCCSCCC.CCSCCN. The van der Waals surface area contributed by atoms with E-state index in [0.29, 0.717) is 0 Å². The molecule has 1 rings (SSSR count). The Labute approximate surface area is 211 Å². The van der Waals surface area contributed by atoms with Crippen LogP contribution in [0, 0.1) is 6.92 Å². The molecule has 0 atom stereocenters. The lowest BCUT2D eigenvalue weighted by Gasteiger charge is -2.25. The van der Waals surface area contributed by atoms with Crippen LogP contribution < -0.4 is 10.6 Å². The summed E-state index contributed by atoms with van der Waals surface area (Å²) in [5.41, 5.74) is 7.93. The van der Waals surface area contributed by atoms with Gasteiger partial charge in [0.05, 0.1) is 0 Å². The number of hydrogen-bond acceptors (Lipinski definition) is 4. The number of unbranched alkanes of at least 4 members (excludes halogenated alkanes) is 5. The number of nitrogens with zero attached hydrogens (tertiary/aromatic N) is 1. The van der Waals surface area contributed by atoms with E-state index in [4.69, 9.17) is 5.73 Å². The summed E-state index contributed by atoms with van der Waals surface area (Å²) < 4.78 is 0. The molecule has 0 unspecified atom stereocenters. The van der Waals surface area contributed by atoms with E-state index in [9.17, 15) is 0 Å². The summed E-state index contributed by atoms with van der Waals surface area (Å²) in [7, 11) is 0. The molecule has 0 fully saturated rings. The van der Waals surface area contributed by atoms with E-state index in [1.165, 1.54) is 99.4 Å². The first-order chi connectivity index (χ1) is 15.6. The van der Waals surface area contributed by atoms with Gasteiger partial charge < -0.3 is 10.6 Å². The summed E-state index contributed by atoms with van der Waals surface area (Å²) in [5.74, 6) is 5.03. The monoisotopic (exact) mass is 484 g/mol. The minimum atomic E-state index is 0.818. The molecule has 0 amide bonds. The smallest absolute Gasteiger partial charge is 0.0366 e. The van der Waals surface area contributed by atoms with Crippen LogP contribution in [-0.4, -0.2) is 42.6 Å². The number of hydrogen-bond donors (Lipinski definition) is 1. The Morgan fingerprint density at radius 3 is 1.75 bits per heavy atom. The van der Waals surface area contributed by atoms with Crippen LogP contribution in [0.5, 0.6) is 0 Å². The molecule has 2 nitrogen and oxygen atoms in total. The Bertz CT molecular complexity index is 441. The molecule has 0 saturated carbocycles. The van der Waals surface area contributed by atoms with Crippen LogP contribution in [0.25, 0.3) is 0 Å². The first kappa shape index (κ1) is 33.9. The number of aryl methyl sites for hydroxylation is 1. The van der Waals surface area contributed by atoms with Crippen LogP contribution in [-0.2, 0) is 0 Å². The first-order valence-corrected chi connectivity index (χ1v) is 15.6. The predicted molar refractivity (Wildman–Crippen MR) is 157 cm³/mol. The number of thioether (sulfide) groups is 2. The number of nitrogens with two attached hydrogens (primary N) is 1. The van der Waals surface area contributed by atoms with E-state index in [1.54, 1.807) is 0 Å². The number of rotatable bonds is 17. The largest absolute Gasteiger partial charge is 0.372 e. The zero-order valence-corrected chi connectivity index (χ0v) is 24.1. The molecule has 2 N–H and O–H groups in total. The molecule has 1 aromatic rings. The number of anilines is 1. The molecule has 4 heteroatoms. The summed E-state index contributed by atoms with van der Waals surface area (Å²) in [5, 5.41) is 0. The van der Waals surface area contributed by atoms with Crippen LogP contribution >= 0.6 is 23.5 Å². The van der Waals surface area contributed by atoms with Crippen molar-refractivity contribution in [3.05, 3.63) is 29.8 Å². The summed E-state index contributed by atoms with van der Waals surface area (Å²) in [6, 6.07) is 8.95. The second kappa shape index (κ2) is 28.7. The summed E-state index contributed by atoms with van der Waals surface area (Å²) in [6.45, 7) is 16.5. The molecule has 0 spiro atoms. The molecule has 0 bridgehead atoms. The molecule has 0 aromatic heterocycles. The molecular weight excluding hydrogens is 428 g/mol. The maximum atomic E-state index is 5.19. The zero-order chi connectivity index (χ0) is 24.3. The van der Waals surface area contributed by atoms with E-state index in [-0.39, 0.29) is 0 Å². The van der Waals surface area contributed by atoms with Crippen molar-refractivity contribution in [3.63, 3.8) is 0 Å². The summed E-state index contributed by atoms with van der Waals surface area (Å²) >= 11 is 3.98. The Hall–Kier alpha value is -0.320. The zero-order valence-electron chi connectivity index (χ0n) is 22.5. The Kier molecular flexibility index (Phi) is 30.4. The molecule has 0 radical (unpaired) electrons. The van der Waals surface area contributed by atoms with E-state index in [2.05, 4.69) is 82.5 Å². The maximum absolute atomic E-state index is 5.19. The highest BCUT2D eigenvalue weighted by molar-refractivity contribution is 7.99. The molecule has 0 aliphatic carbocycles. The lowest BCUT2D eigenvalue weighted by Crippen LogP contribution is -2.25. The lowest BCUT2D eigenvalue weighted by atomic mass is 10.2. The minimum absolute atomic E-state index is 0.818. The van der Waals surface area contributed by atoms with Crippen LogP contribution in [0.1, 0.15) is 98.0 Å². The van der Waals surface area contributed by atoms with Crippen molar-refractivity contribution in [3.8, 4) is 0 Å². The first-order valence-electron chi connectivity index (χ1n) is 13.3. The van der Waals surface area contributed by atoms with Crippen molar-refractivity contribution < 1.29 is 0 Å². The van der Waals surface area contributed by atoms with Gasteiger partial charge in [-0.15, -0.1) is 0 Å². The molecule has 0 saturated heterocycles. The van der Waals surface area contributed by atoms with Gasteiger partial charge in [-0.05, 0) is 62.0 Å². The van der Waals surface area contributed by atoms with Gasteiger partial charge in [0, 0.05) is 31.1 Å². The third kappa shape index (κ3) is 24.3. The van der Waals surface area contributed by atoms with Crippen molar-refractivity contribution in [2.24, 2.45) is 5.73 Å². The van der Waals surface area contributed by atoms with Gasteiger partial charge in [-0.3, -0.25) is 0 Å². The second-order valence-corrected chi connectivity index (χ2v) is 10.8. The summed E-state index contributed by atoms with van der Waals surface area (Å²) in [6.07, 6.45) is 12.0. The average Bonchev–Trinajstić information content (AvgIpc) is 2.81. The van der Waals surface area contributed by atoms with Gasteiger partial charge in [0.1, 0.15) is 0 Å². The Morgan fingerprint density at radius 1 is 0.656 bits per heavy atom. The predicted octanol–water partition coefficient (Wildman–Crippen LogP) is 8.81. The van der Waals surface area contributed by atoms with E-state index < -0.39 is 0 Å². The average molecular weight is 485 g/mol. The fraction of sp³-hybridized carbons (Fsp3) is 0.786. The normalized spacial score (nSPS) is 10.1. The maximum Gasteiger partial charge on any atom is 0.0366 e. The highest BCUT2D eigenvalue weighted by Gasteiger charge is 2.05. The molecule has 0 aliphatic heterocycles. The van der Waals surface area contributed by atoms with Gasteiger partial charge in [-0.25, -0.2) is 0 Å². The van der Waals surface area contributed by atoms with E-state index >= 15 is 0 Å². The van der Waals surface area contributed by atoms with Crippen LogP contribution in [0.3, 0.4) is 0 Å². The fourth-order valence-corrected chi connectivity index (χ4v) is 4.31. The molecule has 0 heterocycles. The van der Waals surface area contributed by atoms with Crippen molar-refractivity contribution in [1.82, 2.24) is 0 Å². The Balaban J connectivity index is 0. The van der Waals surface area contributed by atoms with E-state index in [0.717, 1.165) is 12.3 Å². The third-order valence-electron chi connectivity index (χ3n) is 4.92. The van der Waals surface area contributed by atoms with Crippen LogP contribution in [0.4, 0.5) is 5.69 Å². The van der Waals surface area contributed by atoms with Gasteiger partial charge >= 0.3 is 0 Å². The highest BCUT2D eigenvalue weighted by atomic mass is 32.2. The lowest BCUT2D eigenvalue weighted by molar-refractivity contribution is 0.653. The molecular formula is C28H56N2S2. The van der Waals surface area contributed by atoms with Gasteiger partial charge in [-0.1, -0.05) is 84.4 Å². The van der Waals surface area contributed by atoms with E-state index in [1.807, 2.05) is 11.8 Å². The van der Waals surface area contributed by atoms with Crippen LogP contribution in [0.2, 0.25) is 0 Å². The highest BCUT2D eigenvalue weighted by Crippen LogP contribution is 2.17. The van der Waals surface area contributed by atoms with Crippen LogP contribution in [0.15, 0.2) is 24.3 Å². The van der Waals surface area contributed by atoms with Gasteiger partial charge in [0.2, 0.25) is 0 Å². The van der Waals surface area contributed by atoms with Crippen molar-refractivity contribution in [2.45, 2.75) is 99.3 Å². The van der Waals surface area contributed by atoms with Crippen molar-refractivity contribution in [1.29, 1.82) is 0 Å². The molecule has 1 aromatic carbocycles. The minimum Gasteiger partial charge on any atom is -0.372 e. The van der Waals surface area contributed by atoms with Crippen molar-refractivity contribution in [2.75, 3.05) is 47.5 Å². The third-order valence-corrected chi connectivity index (χ3v) is 7.13. The van der Waals surface area contributed by atoms with Gasteiger partial charge in [-0.2, -0.15) is 23.5 Å². The quantitative estimate of drug-likeness (QED) is 0.224. The Morgan fingerprint density at radius 2 is 1.25 bits per heavy atom. The fourth-order valence-electron chi connectivity index (χ4n) is 2.96. The molecule has 190 valence electrons. The molecule has 32 heavy (non-hydrogen) atoms. The topological polar surface area (TPSA) is 29.3 Å². The van der Waals surface area contributed by atoms with Gasteiger partial charge in [0.15, 0.2) is 0 Å². The standard InChI is InChI=1S/C16H27N.C8H18S.C4H11NS/c1-4-6-8-14-17(13-7-5-2)16-11-9-15(3)10-12-16;1-3-5-6-8-9-7-4-2;1-2-6-4-3-5/h9-12H,4-8,13-14H2,1-3H3;3-8H2,1-2H3;2-5H2,1H3. The summed E-state index contributed by atoms with van der Waals surface area (Å²) in [4.78, 5) is 2.54. The molecule has 0 aliphatic rings. The van der Waals surface area contributed by atoms with Gasteiger partial charge in [0.25, 0.3) is 0 Å².